The van der Waals surface area contributed by atoms with Gasteiger partial charge in [0, 0.05) is 44.9 Å². The third-order valence-electron chi connectivity index (χ3n) is 8.33. The Morgan fingerprint density at radius 1 is 0.723 bits per heavy atom. The van der Waals surface area contributed by atoms with Gasteiger partial charge < -0.3 is 15.1 Å². The molecule has 0 saturated carbocycles. The van der Waals surface area contributed by atoms with Crippen LogP contribution >= 0.6 is 0 Å². The Labute approximate surface area is 278 Å². The van der Waals surface area contributed by atoms with E-state index in [4.69, 9.17) is 4.63 Å². The zero-order valence-corrected chi connectivity index (χ0v) is 28.7. The summed E-state index contributed by atoms with van der Waals surface area (Å²) in [6, 6.07) is 29.8. The van der Waals surface area contributed by atoms with Crippen LogP contribution in [-0.2, 0) is 11.3 Å². The topological polar surface area (TPSA) is 91.6 Å². The van der Waals surface area contributed by atoms with Gasteiger partial charge in [-0.1, -0.05) is 113 Å². The van der Waals surface area contributed by atoms with E-state index in [0.29, 0.717) is 38.0 Å². The van der Waals surface area contributed by atoms with Crippen LogP contribution in [0.3, 0.4) is 0 Å². The lowest BCUT2D eigenvalue weighted by molar-refractivity contribution is -0.128. The molecule has 1 heterocycles. The summed E-state index contributed by atoms with van der Waals surface area (Å²) < 4.78 is 4.90. The third-order valence-corrected chi connectivity index (χ3v) is 8.33. The predicted molar refractivity (Wildman–Crippen MR) is 190 cm³/mol. The summed E-state index contributed by atoms with van der Waals surface area (Å²) in [7, 11) is 3.81. The molecule has 1 amide bonds. The minimum atomic E-state index is 0.0688. The average Bonchev–Trinajstić information content (AvgIpc) is 3.59. The summed E-state index contributed by atoms with van der Waals surface area (Å²) >= 11 is 0. The first kappa shape index (κ1) is 35.0. The van der Waals surface area contributed by atoms with Crippen molar-refractivity contribution in [1.29, 1.82) is 0 Å². The molecule has 8 heteroatoms. The number of rotatable bonds is 12. The minimum absolute atomic E-state index is 0.0688. The number of amides is 1. The lowest BCUT2D eigenvalue weighted by atomic mass is 9.98. The first-order valence-electron chi connectivity index (χ1n) is 16.2. The Morgan fingerprint density at radius 2 is 1.30 bits per heavy atom. The smallest absolute Gasteiger partial charge is 0.236 e. The van der Waals surface area contributed by atoms with Gasteiger partial charge >= 0.3 is 0 Å². The zero-order valence-electron chi connectivity index (χ0n) is 28.7. The fraction of sp³-hybridized carbons (Fsp3) is 0.333. The van der Waals surface area contributed by atoms with Gasteiger partial charge in [0.25, 0.3) is 0 Å². The monoisotopic (exact) mass is 633 g/mol. The van der Waals surface area contributed by atoms with Gasteiger partial charge in [0.1, 0.15) is 5.52 Å². The van der Waals surface area contributed by atoms with E-state index in [2.05, 4.69) is 72.5 Å². The lowest BCUT2D eigenvalue weighted by Gasteiger charge is -2.24. The van der Waals surface area contributed by atoms with E-state index in [1.54, 1.807) is 4.90 Å². The van der Waals surface area contributed by atoms with E-state index in [1.807, 2.05) is 87.7 Å². The van der Waals surface area contributed by atoms with E-state index in [9.17, 15) is 9.59 Å². The molecule has 0 radical (unpaired) electrons. The normalized spacial score (nSPS) is 11.0. The maximum Gasteiger partial charge on any atom is 0.236 e. The minimum Gasteiger partial charge on any atom is -0.371 e. The maximum absolute atomic E-state index is 12.4. The van der Waals surface area contributed by atoms with E-state index < -0.39 is 0 Å². The number of aromatic nitrogens is 2. The van der Waals surface area contributed by atoms with Crippen LogP contribution in [0.2, 0.25) is 0 Å². The van der Waals surface area contributed by atoms with Gasteiger partial charge in [0.2, 0.25) is 5.91 Å². The molecule has 0 spiro atoms. The largest absolute Gasteiger partial charge is 0.371 e. The number of carbonyl (C=O) groups is 2. The second kappa shape index (κ2) is 16.7. The fourth-order valence-corrected chi connectivity index (χ4v) is 5.08. The van der Waals surface area contributed by atoms with Crippen LogP contribution in [0.4, 0.5) is 5.69 Å². The van der Waals surface area contributed by atoms with E-state index in [0.717, 1.165) is 33.4 Å². The summed E-state index contributed by atoms with van der Waals surface area (Å²) in [6.07, 6.45) is 0. The molecule has 5 rings (SSSR count). The molecule has 1 aromatic heterocycles. The summed E-state index contributed by atoms with van der Waals surface area (Å²) in [6.45, 7) is 12.9. The number of fused-ring (bicyclic) bond motifs is 1. The van der Waals surface area contributed by atoms with Gasteiger partial charge in [-0.25, -0.2) is 4.63 Å². The standard InChI is InChI=1S/C23H31N5O2.C16H16O/c1-16(2)19-9-7-18(8-10-19)14-24-15-21(29)28(5)13-12-27(4)20-11-6-17(3)22-23(20)26-30-25-22;1-12(2)13-8-10-15(11-9-13)16(17)14-6-4-3-5-7-14/h6-11,16,24H,12-15H2,1-5H3;3-12H,1-2H3. The van der Waals surface area contributed by atoms with Crippen molar-refractivity contribution in [2.24, 2.45) is 0 Å². The maximum atomic E-state index is 12.4. The molecule has 0 aliphatic carbocycles. The van der Waals surface area contributed by atoms with Gasteiger partial charge in [-0.3, -0.25) is 9.59 Å². The van der Waals surface area contributed by atoms with Crippen LogP contribution in [0, 0.1) is 6.92 Å². The number of aryl methyl sites for hydroxylation is 1. The molecule has 47 heavy (non-hydrogen) atoms. The summed E-state index contributed by atoms with van der Waals surface area (Å²) in [5.74, 6) is 1.17. The SMILES string of the molecule is CC(C)c1ccc(C(=O)c2ccccc2)cc1.Cc1ccc(N(C)CCN(C)C(=O)CNCc2ccc(C(C)C)cc2)c2nonc12. The molecule has 0 aliphatic heterocycles. The number of hydrogen-bond acceptors (Lipinski definition) is 7. The molecule has 0 fully saturated rings. The number of benzene rings is 4. The van der Waals surface area contributed by atoms with Gasteiger partial charge in [0.05, 0.1) is 12.2 Å². The summed E-state index contributed by atoms with van der Waals surface area (Å²) in [4.78, 5) is 28.4. The van der Waals surface area contributed by atoms with Crippen molar-refractivity contribution in [1.82, 2.24) is 20.5 Å². The molecule has 0 saturated heterocycles. The first-order valence-corrected chi connectivity index (χ1v) is 16.2. The van der Waals surface area contributed by atoms with Crippen LogP contribution in [-0.4, -0.2) is 60.6 Å². The number of ketones is 1. The van der Waals surface area contributed by atoms with Crippen LogP contribution in [0.25, 0.3) is 11.0 Å². The Morgan fingerprint density at radius 3 is 1.91 bits per heavy atom. The average molecular weight is 634 g/mol. The number of likely N-dealkylation sites (N-methyl/N-ethyl adjacent to an activating group) is 2. The fourth-order valence-electron chi connectivity index (χ4n) is 5.08. The van der Waals surface area contributed by atoms with Crippen LogP contribution in [0.5, 0.6) is 0 Å². The lowest BCUT2D eigenvalue weighted by Crippen LogP contribution is -2.39. The van der Waals surface area contributed by atoms with Crippen LogP contribution < -0.4 is 10.2 Å². The highest BCUT2D eigenvalue weighted by atomic mass is 16.6. The quantitative estimate of drug-likeness (QED) is 0.143. The highest BCUT2D eigenvalue weighted by Crippen LogP contribution is 2.25. The van der Waals surface area contributed by atoms with Crippen molar-refractivity contribution < 1.29 is 14.2 Å². The van der Waals surface area contributed by atoms with Gasteiger partial charge in [-0.2, -0.15) is 0 Å². The van der Waals surface area contributed by atoms with Crippen LogP contribution in [0.1, 0.15) is 77.7 Å². The first-order chi connectivity index (χ1) is 22.5. The van der Waals surface area contributed by atoms with Gasteiger partial charge in [-0.05, 0) is 57.4 Å². The van der Waals surface area contributed by atoms with E-state index >= 15 is 0 Å². The Hall–Kier alpha value is -4.82. The number of carbonyl (C=O) groups excluding carboxylic acids is 2. The molecule has 246 valence electrons. The van der Waals surface area contributed by atoms with Crippen molar-refractivity contribution in [2.45, 2.75) is 53.0 Å². The van der Waals surface area contributed by atoms with Crippen molar-refractivity contribution in [3.05, 3.63) is 124 Å². The second-order valence-electron chi connectivity index (χ2n) is 12.6. The number of hydrogen-bond donors (Lipinski definition) is 1. The summed E-state index contributed by atoms with van der Waals surface area (Å²) in [5, 5.41) is 11.2. The van der Waals surface area contributed by atoms with E-state index in [-0.39, 0.29) is 11.7 Å². The molecular weight excluding hydrogens is 586 g/mol. The molecule has 0 bridgehead atoms. The Kier molecular flexibility index (Phi) is 12.4. The highest BCUT2D eigenvalue weighted by molar-refractivity contribution is 6.08. The van der Waals surface area contributed by atoms with Gasteiger partial charge in [0.15, 0.2) is 11.3 Å². The molecule has 5 aromatic rings. The summed E-state index contributed by atoms with van der Waals surface area (Å²) in [5.41, 5.74) is 8.75. The highest BCUT2D eigenvalue weighted by Gasteiger charge is 2.15. The van der Waals surface area contributed by atoms with Crippen LogP contribution in [0.15, 0.2) is 95.6 Å². The molecule has 0 unspecified atom stereocenters. The molecule has 0 atom stereocenters. The van der Waals surface area contributed by atoms with Crippen molar-refractivity contribution in [3.63, 3.8) is 0 Å². The second-order valence-corrected chi connectivity index (χ2v) is 12.6. The Balaban J connectivity index is 0.000000248. The van der Waals surface area contributed by atoms with Crippen molar-refractivity contribution >= 4 is 28.4 Å². The zero-order chi connectivity index (χ0) is 33.9. The third kappa shape index (κ3) is 9.59. The van der Waals surface area contributed by atoms with Gasteiger partial charge in [-0.15, -0.1) is 0 Å². The molecule has 0 aliphatic rings. The molecule has 1 N–H and O–H groups in total. The van der Waals surface area contributed by atoms with E-state index in [1.165, 1.54) is 16.7 Å². The predicted octanol–water partition coefficient (Wildman–Crippen LogP) is 7.38. The molecule has 4 aromatic carbocycles. The number of nitrogens with zero attached hydrogens (tertiary/aromatic N) is 4. The van der Waals surface area contributed by atoms with Crippen molar-refractivity contribution in [3.8, 4) is 0 Å². The Bertz CT molecular complexity index is 1730. The number of nitrogens with one attached hydrogen (secondary N) is 1. The number of anilines is 1. The van der Waals surface area contributed by atoms with Crippen molar-refractivity contribution in [2.75, 3.05) is 38.6 Å². The molecular formula is C39H47N5O3. The molecule has 8 nitrogen and oxygen atoms in total.